The van der Waals surface area contributed by atoms with Crippen LogP contribution >= 0.6 is 0 Å². The molecule has 0 aromatic rings. The molecule has 0 aliphatic carbocycles. The standard InChI is InChI=1S/C13H21O3.3C4H9.Sn/c1-5-12(14)8-7-10(3)9-11(4)13(15)16-6-2;3*1-3-4-2;/h9-10,12,14H,1,6-8H2,2-4H3;3*1,3-4H2,2H3;/b11-9+;;;;/t10-,12?;;;;/m0..../s1. The first-order chi connectivity index (χ1) is 13.8. The number of aliphatic hydroxyl groups excluding tert-OH is 1. The monoisotopic (exact) mass is 516 g/mol. The molecule has 0 aromatic heterocycles. The van der Waals surface area contributed by atoms with E-state index >= 15 is 0 Å². The van der Waals surface area contributed by atoms with Crippen LogP contribution in [0.2, 0.25) is 13.3 Å². The number of allylic oxidation sites excluding steroid dienone is 1. The average molecular weight is 515 g/mol. The third-order valence-electron chi connectivity index (χ3n) is 6.14. The van der Waals surface area contributed by atoms with E-state index in [1.165, 1.54) is 55.4 Å². The molecule has 0 fully saturated rings. The summed E-state index contributed by atoms with van der Waals surface area (Å²) >= 11 is -2.59. The molecule has 29 heavy (non-hydrogen) atoms. The van der Waals surface area contributed by atoms with Crippen LogP contribution in [0.15, 0.2) is 21.8 Å². The molecule has 0 saturated carbocycles. The molecule has 0 aliphatic heterocycles. The zero-order chi connectivity index (χ0) is 22.3. The number of hydrogen-bond donors (Lipinski definition) is 1. The molecule has 0 saturated heterocycles. The number of aliphatic hydroxyl groups is 1. The molecule has 0 aromatic carbocycles. The Bertz CT molecular complexity index is 477. The van der Waals surface area contributed by atoms with Gasteiger partial charge < -0.3 is 0 Å². The molecule has 0 spiro atoms. The van der Waals surface area contributed by atoms with Crippen LogP contribution in [-0.2, 0) is 9.53 Å². The predicted octanol–water partition coefficient (Wildman–Crippen LogP) is 7.22. The second kappa shape index (κ2) is 16.4. The third-order valence-corrected chi connectivity index (χ3v) is 22.2. The molecule has 3 nitrogen and oxygen atoms in total. The van der Waals surface area contributed by atoms with Crippen molar-refractivity contribution in [1.29, 1.82) is 0 Å². The van der Waals surface area contributed by atoms with Crippen molar-refractivity contribution >= 4 is 24.3 Å². The summed E-state index contributed by atoms with van der Waals surface area (Å²) in [5, 5.41) is 11.1. The van der Waals surface area contributed by atoms with E-state index in [0.717, 1.165) is 12.8 Å². The quantitative estimate of drug-likeness (QED) is 0.126. The van der Waals surface area contributed by atoms with Gasteiger partial charge in [0.2, 0.25) is 0 Å². The number of carbonyl (C=O) groups is 1. The first-order valence-electron chi connectivity index (χ1n) is 12.0. The summed E-state index contributed by atoms with van der Waals surface area (Å²) in [5.74, 6) is 0.00611. The van der Waals surface area contributed by atoms with Gasteiger partial charge in [-0.2, -0.15) is 0 Å². The average Bonchev–Trinajstić information content (AvgIpc) is 2.71. The van der Waals surface area contributed by atoms with E-state index in [4.69, 9.17) is 4.74 Å². The van der Waals surface area contributed by atoms with Crippen molar-refractivity contribution in [3.8, 4) is 0 Å². The summed E-state index contributed by atoms with van der Waals surface area (Å²) in [7, 11) is 0. The summed E-state index contributed by atoms with van der Waals surface area (Å²) in [5.41, 5.74) is 0.662. The van der Waals surface area contributed by atoms with Crippen LogP contribution in [0, 0.1) is 5.92 Å². The van der Waals surface area contributed by atoms with E-state index < -0.39 is 18.4 Å². The normalized spacial score (nSPS) is 14.5. The van der Waals surface area contributed by atoms with Gasteiger partial charge >= 0.3 is 186 Å². The van der Waals surface area contributed by atoms with Gasteiger partial charge in [-0.05, 0) is 0 Å². The Labute approximate surface area is 185 Å². The molecular weight excluding hydrogens is 467 g/mol. The molecule has 0 rings (SSSR count). The molecule has 0 bridgehead atoms. The maximum absolute atomic E-state index is 11.8. The van der Waals surface area contributed by atoms with Crippen molar-refractivity contribution in [3.05, 3.63) is 21.8 Å². The predicted molar refractivity (Wildman–Crippen MR) is 129 cm³/mol. The molecule has 2 atom stereocenters. The molecule has 4 heteroatoms. The number of esters is 1. The van der Waals surface area contributed by atoms with Crippen molar-refractivity contribution in [1.82, 2.24) is 0 Å². The van der Waals surface area contributed by atoms with Crippen LogP contribution in [0.1, 0.15) is 92.9 Å². The first kappa shape index (κ1) is 28.7. The summed E-state index contributed by atoms with van der Waals surface area (Å²) in [6.07, 6.45) is 10.8. The van der Waals surface area contributed by atoms with Crippen LogP contribution in [0.5, 0.6) is 0 Å². The second-order valence-corrected chi connectivity index (χ2v) is 22.2. The van der Waals surface area contributed by atoms with Gasteiger partial charge in [0.15, 0.2) is 0 Å². The zero-order valence-electron chi connectivity index (χ0n) is 20.2. The Balaban J connectivity index is 5.12. The summed E-state index contributed by atoms with van der Waals surface area (Å²) < 4.78 is 10.4. The minimum absolute atomic E-state index is 0.238. The third kappa shape index (κ3) is 11.1. The van der Waals surface area contributed by atoms with Gasteiger partial charge in [-0.15, -0.1) is 0 Å². The molecule has 0 amide bonds. The van der Waals surface area contributed by atoms with Crippen LogP contribution in [0.3, 0.4) is 0 Å². The number of unbranched alkanes of at least 4 members (excludes halogenated alkanes) is 3. The Hall–Kier alpha value is -0.291. The van der Waals surface area contributed by atoms with Crippen LogP contribution in [0.25, 0.3) is 0 Å². The van der Waals surface area contributed by atoms with E-state index in [1.54, 1.807) is 0 Å². The van der Waals surface area contributed by atoms with Gasteiger partial charge in [-0.1, -0.05) is 0 Å². The Morgan fingerprint density at radius 3 is 1.90 bits per heavy atom. The van der Waals surface area contributed by atoms with Gasteiger partial charge in [-0.25, -0.2) is 0 Å². The number of rotatable bonds is 17. The fourth-order valence-electron chi connectivity index (χ4n) is 4.17. The Morgan fingerprint density at radius 2 is 1.48 bits per heavy atom. The van der Waals surface area contributed by atoms with E-state index in [0.29, 0.717) is 12.2 Å². The molecule has 170 valence electrons. The SMILES string of the molecule is C=[C](C(O)CC[C@H](C)/C=C(\C)C(=O)OCC)[Sn]([CH2]CCC)([CH2]CCC)[CH2]CCC. The Kier molecular flexibility index (Phi) is 16.2. The molecule has 1 N–H and O–H groups in total. The van der Waals surface area contributed by atoms with Crippen molar-refractivity contribution in [2.45, 2.75) is 112 Å². The summed E-state index contributed by atoms with van der Waals surface area (Å²) in [6, 6.07) is 0. The molecular formula is C25H48O3Sn. The fraction of sp³-hybridized carbons (Fsp3) is 0.800. The van der Waals surface area contributed by atoms with E-state index in [-0.39, 0.29) is 18.0 Å². The van der Waals surface area contributed by atoms with Crippen molar-refractivity contribution in [3.63, 3.8) is 0 Å². The van der Waals surface area contributed by atoms with Crippen molar-refractivity contribution in [2.24, 2.45) is 5.92 Å². The summed E-state index contributed by atoms with van der Waals surface area (Å²) in [4.78, 5) is 11.8. The van der Waals surface area contributed by atoms with E-state index in [2.05, 4.69) is 34.3 Å². The van der Waals surface area contributed by atoms with E-state index in [9.17, 15) is 9.90 Å². The van der Waals surface area contributed by atoms with Gasteiger partial charge in [0.05, 0.1) is 0 Å². The molecule has 0 aliphatic rings. The van der Waals surface area contributed by atoms with Gasteiger partial charge in [0.25, 0.3) is 0 Å². The van der Waals surface area contributed by atoms with Gasteiger partial charge in [0.1, 0.15) is 0 Å². The van der Waals surface area contributed by atoms with Crippen LogP contribution in [0.4, 0.5) is 0 Å². The molecule has 0 heterocycles. The number of hydrogen-bond acceptors (Lipinski definition) is 3. The second-order valence-electron chi connectivity index (χ2n) is 8.76. The minimum atomic E-state index is -2.59. The molecule has 1 unspecified atom stereocenters. The fourth-order valence-corrected chi connectivity index (χ4v) is 20.3. The topological polar surface area (TPSA) is 46.5 Å². The summed E-state index contributed by atoms with van der Waals surface area (Å²) in [6.45, 7) is 17.5. The van der Waals surface area contributed by atoms with Crippen molar-refractivity contribution in [2.75, 3.05) is 6.61 Å². The van der Waals surface area contributed by atoms with Crippen LogP contribution < -0.4 is 0 Å². The maximum atomic E-state index is 11.8. The number of ether oxygens (including phenoxy) is 1. The van der Waals surface area contributed by atoms with Crippen LogP contribution in [-0.4, -0.2) is 42.2 Å². The van der Waals surface area contributed by atoms with E-state index in [1.807, 2.05) is 19.9 Å². The Morgan fingerprint density at radius 1 is 1.00 bits per heavy atom. The number of carbonyl (C=O) groups excluding carboxylic acids is 1. The molecule has 0 radical (unpaired) electrons. The van der Waals surface area contributed by atoms with Gasteiger partial charge in [0, 0.05) is 0 Å². The van der Waals surface area contributed by atoms with Crippen molar-refractivity contribution < 1.29 is 14.6 Å². The van der Waals surface area contributed by atoms with Gasteiger partial charge in [-0.3, -0.25) is 0 Å². The first-order valence-corrected chi connectivity index (χ1v) is 19.5. The zero-order valence-corrected chi connectivity index (χ0v) is 23.0.